The highest BCUT2D eigenvalue weighted by Crippen LogP contribution is 2.55. The Morgan fingerprint density at radius 2 is 2.29 bits per heavy atom. The summed E-state index contributed by atoms with van der Waals surface area (Å²) in [5.74, 6) is -2.74. The first-order valence-electron chi connectivity index (χ1n) is 4.22. The molecule has 2 rings (SSSR count). The minimum Gasteiger partial charge on any atom is -0.481 e. The standard InChI is InChI=1S/C10H8F2O2/c11-7-3-1-2-6(4-7)10(12)5-8(10)9(13)14/h1-4,8H,5H2,(H,13,14)/t8-,10+/m0/s1. The largest absolute Gasteiger partial charge is 0.481 e. The number of alkyl halides is 1. The molecule has 1 fully saturated rings. The summed E-state index contributed by atoms with van der Waals surface area (Å²) >= 11 is 0. The van der Waals surface area contributed by atoms with Crippen LogP contribution in [0.1, 0.15) is 12.0 Å². The van der Waals surface area contributed by atoms with Crippen LogP contribution in [0.3, 0.4) is 0 Å². The lowest BCUT2D eigenvalue weighted by molar-refractivity contribution is -0.139. The van der Waals surface area contributed by atoms with Gasteiger partial charge in [-0.1, -0.05) is 12.1 Å². The van der Waals surface area contributed by atoms with E-state index < -0.39 is 23.4 Å². The van der Waals surface area contributed by atoms with E-state index in [0.29, 0.717) is 0 Å². The molecule has 14 heavy (non-hydrogen) atoms. The Morgan fingerprint density at radius 3 is 2.79 bits per heavy atom. The van der Waals surface area contributed by atoms with Crippen LogP contribution in [-0.4, -0.2) is 11.1 Å². The molecule has 1 saturated carbocycles. The Labute approximate surface area is 79.2 Å². The molecule has 0 aromatic heterocycles. The highest BCUT2D eigenvalue weighted by atomic mass is 19.1. The van der Waals surface area contributed by atoms with Crippen LogP contribution in [0.15, 0.2) is 24.3 Å². The molecule has 1 aliphatic rings. The van der Waals surface area contributed by atoms with Crippen molar-refractivity contribution in [1.82, 2.24) is 0 Å². The monoisotopic (exact) mass is 198 g/mol. The Bertz CT molecular complexity index is 391. The molecular weight excluding hydrogens is 190 g/mol. The van der Waals surface area contributed by atoms with E-state index in [1.807, 2.05) is 0 Å². The van der Waals surface area contributed by atoms with E-state index in [0.717, 1.165) is 6.07 Å². The van der Waals surface area contributed by atoms with Gasteiger partial charge in [0, 0.05) is 6.42 Å². The van der Waals surface area contributed by atoms with Gasteiger partial charge in [-0.25, -0.2) is 8.78 Å². The van der Waals surface area contributed by atoms with Crippen molar-refractivity contribution in [3.05, 3.63) is 35.6 Å². The van der Waals surface area contributed by atoms with Gasteiger partial charge in [0.1, 0.15) is 11.5 Å². The molecule has 1 N–H and O–H groups in total. The molecule has 0 amide bonds. The topological polar surface area (TPSA) is 37.3 Å². The average Bonchev–Trinajstić information content (AvgIpc) is 2.80. The molecule has 0 bridgehead atoms. The third-order valence-electron chi connectivity index (χ3n) is 2.50. The number of hydrogen-bond acceptors (Lipinski definition) is 1. The Morgan fingerprint density at radius 1 is 1.57 bits per heavy atom. The van der Waals surface area contributed by atoms with Crippen LogP contribution in [0.2, 0.25) is 0 Å². The lowest BCUT2D eigenvalue weighted by atomic mass is 10.1. The van der Waals surface area contributed by atoms with Crippen LogP contribution in [0.5, 0.6) is 0 Å². The van der Waals surface area contributed by atoms with Crippen molar-refractivity contribution >= 4 is 5.97 Å². The fourth-order valence-corrected chi connectivity index (χ4v) is 1.59. The maximum Gasteiger partial charge on any atom is 0.310 e. The normalized spacial score (nSPS) is 30.0. The number of benzene rings is 1. The van der Waals surface area contributed by atoms with Crippen LogP contribution in [0.25, 0.3) is 0 Å². The van der Waals surface area contributed by atoms with Crippen molar-refractivity contribution in [1.29, 1.82) is 0 Å². The fraction of sp³-hybridized carbons (Fsp3) is 0.300. The first kappa shape index (κ1) is 9.12. The quantitative estimate of drug-likeness (QED) is 0.790. The SMILES string of the molecule is O=C(O)[C@@H]1C[C@@]1(F)c1cccc(F)c1. The predicted molar refractivity (Wildman–Crippen MR) is 44.9 cm³/mol. The van der Waals surface area contributed by atoms with Crippen molar-refractivity contribution in [3.63, 3.8) is 0 Å². The molecule has 0 radical (unpaired) electrons. The van der Waals surface area contributed by atoms with Gasteiger partial charge in [0.05, 0.1) is 5.92 Å². The molecule has 2 nitrogen and oxygen atoms in total. The zero-order valence-electron chi connectivity index (χ0n) is 7.21. The van der Waals surface area contributed by atoms with Gasteiger partial charge in [0.25, 0.3) is 0 Å². The Balaban J connectivity index is 2.30. The summed E-state index contributed by atoms with van der Waals surface area (Å²) in [7, 11) is 0. The maximum atomic E-state index is 13.8. The lowest BCUT2D eigenvalue weighted by Crippen LogP contribution is -2.09. The van der Waals surface area contributed by atoms with E-state index in [1.54, 1.807) is 0 Å². The van der Waals surface area contributed by atoms with Crippen molar-refractivity contribution in [3.8, 4) is 0 Å². The molecular formula is C10H8F2O2. The number of carboxylic acids is 1. The van der Waals surface area contributed by atoms with E-state index in [9.17, 15) is 13.6 Å². The number of hydrogen-bond donors (Lipinski definition) is 1. The predicted octanol–water partition coefficient (Wildman–Crippen LogP) is 2.09. The van der Waals surface area contributed by atoms with Crippen molar-refractivity contribution in [2.24, 2.45) is 5.92 Å². The summed E-state index contributed by atoms with van der Waals surface area (Å²) in [6.07, 6.45) is -0.0637. The van der Waals surface area contributed by atoms with Crippen molar-refractivity contribution in [2.45, 2.75) is 12.1 Å². The molecule has 1 aromatic carbocycles. The smallest absolute Gasteiger partial charge is 0.310 e. The van der Waals surface area contributed by atoms with Gasteiger partial charge in [-0.2, -0.15) is 0 Å². The summed E-state index contributed by atoms with van der Waals surface area (Å²) in [6, 6.07) is 5.03. The van der Waals surface area contributed by atoms with Crippen LogP contribution in [-0.2, 0) is 10.5 Å². The molecule has 0 aliphatic heterocycles. The average molecular weight is 198 g/mol. The minimum absolute atomic E-state index is 0.0637. The summed E-state index contributed by atoms with van der Waals surface area (Å²) < 4.78 is 26.5. The highest BCUT2D eigenvalue weighted by molar-refractivity contribution is 5.76. The molecule has 1 aliphatic carbocycles. The second-order valence-electron chi connectivity index (χ2n) is 3.47. The number of carbonyl (C=O) groups is 1. The van der Waals surface area contributed by atoms with Gasteiger partial charge in [0.2, 0.25) is 0 Å². The molecule has 0 saturated heterocycles. The summed E-state index contributed by atoms with van der Waals surface area (Å²) in [4.78, 5) is 10.5. The molecule has 0 spiro atoms. The first-order chi connectivity index (χ1) is 6.54. The molecule has 1 aromatic rings. The molecule has 2 atom stereocenters. The maximum absolute atomic E-state index is 13.8. The Kier molecular flexibility index (Phi) is 1.80. The molecule has 4 heteroatoms. The van der Waals surface area contributed by atoms with E-state index in [-0.39, 0.29) is 12.0 Å². The number of rotatable bonds is 2. The minimum atomic E-state index is -1.87. The van der Waals surface area contributed by atoms with Crippen molar-refractivity contribution in [2.75, 3.05) is 0 Å². The van der Waals surface area contributed by atoms with Gasteiger partial charge in [-0.3, -0.25) is 4.79 Å². The number of halogens is 2. The third-order valence-corrected chi connectivity index (χ3v) is 2.50. The van der Waals surface area contributed by atoms with Gasteiger partial charge in [0.15, 0.2) is 0 Å². The van der Waals surface area contributed by atoms with E-state index in [4.69, 9.17) is 5.11 Å². The van der Waals surface area contributed by atoms with Gasteiger partial charge < -0.3 is 5.11 Å². The molecule has 0 heterocycles. The number of aliphatic carboxylic acids is 1. The van der Waals surface area contributed by atoms with E-state index in [2.05, 4.69) is 0 Å². The van der Waals surface area contributed by atoms with Gasteiger partial charge in [-0.15, -0.1) is 0 Å². The fourth-order valence-electron chi connectivity index (χ4n) is 1.59. The van der Waals surface area contributed by atoms with E-state index in [1.165, 1.54) is 18.2 Å². The molecule has 74 valence electrons. The summed E-state index contributed by atoms with van der Waals surface area (Å²) in [5.41, 5.74) is -1.75. The van der Waals surface area contributed by atoms with E-state index >= 15 is 0 Å². The second kappa shape index (κ2) is 2.77. The van der Waals surface area contributed by atoms with Gasteiger partial charge in [-0.05, 0) is 17.7 Å². The van der Waals surface area contributed by atoms with Crippen LogP contribution >= 0.6 is 0 Å². The summed E-state index contributed by atoms with van der Waals surface area (Å²) in [5, 5.41) is 8.59. The number of carboxylic acid groups (broad SMARTS) is 1. The Hall–Kier alpha value is -1.45. The first-order valence-corrected chi connectivity index (χ1v) is 4.22. The summed E-state index contributed by atoms with van der Waals surface area (Å²) in [6.45, 7) is 0. The molecule has 0 unspecified atom stereocenters. The highest BCUT2D eigenvalue weighted by Gasteiger charge is 2.61. The second-order valence-corrected chi connectivity index (χ2v) is 3.47. The lowest BCUT2D eigenvalue weighted by Gasteiger charge is -2.05. The van der Waals surface area contributed by atoms with Crippen LogP contribution in [0, 0.1) is 11.7 Å². The van der Waals surface area contributed by atoms with Crippen molar-refractivity contribution < 1.29 is 18.7 Å². The zero-order valence-corrected chi connectivity index (χ0v) is 7.21. The zero-order chi connectivity index (χ0) is 10.3. The van der Waals surface area contributed by atoms with Crippen LogP contribution < -0.4 is 0 Å². The van der Waals surface area contributed by atoms with Gasteiger partial charge >= 0.3 is 5.97 Å². The van der Waals surface area contributed by atoms with Crippen LogP contribution in [0.4, 0.5) is 8.78 Å². The third kappa shape index (κ3) is 1.27.